The second-order valence-electron chi connectivity index (χ2n) is 4.66. The van der Waals surface area contributed by atoms with Crippen LogP contribution in [0.5, 0.6) is 0 Å². The zero-order chi connectivity index (χ0) is 14.8. The number of nitrogens with one attached hydrogen (secondary N) is 1. The minimum absolute atomic E-state index is 0.169. The van der Waals surface area contributed by atoms with Crippen molar-refractivity contribution in [1.29, 1.82) is 0 Å². The average molecular weight is 342 g/mol. The van der Waals surface area contributed by atoms with Gasteiger partial charge in [0.25, 0.3) is 5.91 Å². The summed E-state index contributed by atoms with van der Waals surface area (Å²) in [5.41, 5.74) is 3.03. The zero-order valence-corrected chi connectivity index (χ0v) is 12.9. The van der Waals surface area contributed by atoms with Crippen molar-refractivity contribution < 1.29 is 4.79 Å². The van der Waals surface area contributed by atoms with E-state index >= 15 is 0 Å². The largest absolute Gasteiger partial charge is 0.321 e. The monoisotopic (exact) mass is 341 g/mol. The Balaban J connectivity index is 1.95. The third-order valence-corrected chi connectivity index (χ3v) is 4.00. The standard InChI is InChI=1S/C16H12BrN3O/c1-10-8-11(9-19-15(10)17)20-16(21)13-6-7-18-14-5-3-2-4-12(13)14/h2-9H,1H3,(H,20,21). The highest BCUT2D eigenvalue weighted by Gasteiger charge is 2.11. The number of aromatic nitrogens is 2. The van der Waals surface area contributed by atoms with E-state index in [2.05, 4.69) is 31.2 Å². The second kappa shape index (κ2) is 5.61. The number of anilines is 1. The number of carbonyl (C=O) groups is 1. The topological polar surface area (TPSA) is 54.9 Å². The van der Waals surface area contributed by atoms with Crippen LogP contribution < -0.4 is 5.32 Å². The van der Waals surface area contributed by atoms with Crippen LogP contribution in [0.4, 0.5) is 5.69 Å². The van der Waals surface area contributed by atoms with Crippen LogP contribution in [0.2, 0.25) is 0 Å². The molecule has 2 aromatic heterocycles. The van der Waals surface area contributed by atoms with Gasteiger partial charge in [0, 0.05) is 11.6 Å². The molecule has 1 aromatic carbocycles. The fraction of sp³-hybridized carbons (Fsp3) is 0.0625. The fourth-order valence-electron chi connectivity index (χ4n) is 2.12. The molecule has 0 aliphatic carbocycles. The van der Waals surface area contributed by atoms with Crippen LogP contribution in [0.3, 0.4) is 0 Å². The van der Waals surface area contributed by atoms with Crippen LogP contribution in [-0.4, -0.2) is 15.9 Å². The SMILES string of the molecule is Cc1cc(NC(=O)c2ccnc3ccccc23)cnc1Br. The summed E-state index contributed by atoms with van der Waals surface area (Å²) in [4.78, 5) is 20.9. The van der Waals surface area contributed by atoms with Gasteiger partial charge in [-0.15, -0.1) is 0 Å². The summed E-state index contributed by atoms with van der Waals surface area (Å²) in [5.74, 6) is -0.169. The molecule has 3 aromatic rings. The van der Waals surface area contributed by atoms with Crippen LogP contribution in [0, 0.1) is 6.92 Å². The number of rotatable bonds is 2. The molecule has 0 aliphatic heterocycles. The molecule has 0 spiro atoms. The van der Waals surface area contributed by atoms with E-state index in [0.717, 1.165) is 21.1 Å². The first-order valence-electron chi connectivity index (χ1n) is 6.42. The zero-order valence-electron chi connectivity index (χ0n) is 11.3. The van der Waals surface area contributed by atoms with E-state index in [1.807, 2.05) is 37.3 Å². The van der Waals surface area contributed by atoms with Crippen molar-refractivity contribution in [3.8, 4) is 0 Å². The van der Waals surface area contributed by atoms with Crippen molar-refractivity contribution in [2.24, 2.45) is 0 Å². The van der Waals surface area contributed by atoms with E-state index < -0.39 is 0 Å². The van der Waals surface area contributed by atoms with Crippen molar-refractivity contribution in [3.63, 3.8) is 0 Å². The number of hydrogen-bond donors (Lipinski definition) is 1. The van der Waals surface area contributed by atoms with Crippen molar-refractivity contribution in [3.05, 3.63) is 64.5 Å². The molecule has 1 N–H and O–H groups in total. The summed E-state index contributed by atoms with van der Waals surface area (Å²) < 4.78 is 0.773. The van der Waals surface area contributed by atoms with Gasteiger partial charge in [0.1, 0.15) is 4.60 Å². The molecule has 104 valence electrons. The molecule has 0 aliphatic rings. The number of nitrogens with zero attached hydrogens (tertiary/aromatic N) is 2. The number of aryl methyl sites for hydroxylation is 1. The maximum Gasteiger partial charge on any atom is 0.256 e. The number of carbonyl (C=O) groups excluding carboxylic acids is 1. The molecule has 0 fully saturated rings. The number of amides is 1. The molecular weight excluding hydrogens is 330 g/mol. The predicted octanol–water partition coefficient (Wildman–Crippen LogP) is 3.95. The van der Waals surface area contributed by atoms with Crippen molar-refractivity contribution in [2.45, 2.75) is 6.92 Å². The Hall–Kier alpha value is -2.27. The molecule has 0 saturated heterocycles. The number of hydrogen-bond acceptors (Lipinski definition) is 3. The Morgan fingerprint density at radius 1 is 1.19 bits per heavy atom. The van der Waals surface area contributed by atoms with Gasteiger partial charge >= 0.3 is 0 Å². The summed E-state index contributed by atoms with van der Waals surface area (Å²) in [6.07, 6.45) is 3.26. The average Bonchev–Trinajstić information content (AvgIpc) is 2.50. The summed E-state index contributed by atoms with van der Waals surface area (Å²) in [5, 5.41) is 3.70. The lowest BCUT2D eigenvalue weighted by molar-refractivity contribution is 0.102. The fourth-order valence-corrected chi connectivity index (χ4v) is 2.34. The molecule has 4 nitrogen and oxygen atoms in total. The molecule has 0 radical (unpaired) electrons. The molecule has 5 heteroatoms. The van der Waals surface area contributed by atoms with Gasteiger partial charge in [-0.25, -0.2) is 4.98 Å². The van der Waals surface area contributed by atoms with E-state index in [0.29, 0.717) is 11.3 Å². The Bertz CT molecular complexity index is 827. The number of fused-ring (bicyclic) bond motifs is 1. The highest BCUT2D eigenvalue weighted by molar-refractivity contribution is 9.10. The first-order valence-corrected chi connectivity index (χ1v) is 7.22. The highest BCUT2D eigenvalue weighted by Crippen LogP contribution is 2.20. The second-order valence-corrected chi connectivity index (χ2v) is 5.41. The number of halogens is 1. The van der Waals surface area contributed by atoms with Crippen LogP contribution in [0.1, 0.15) is 15.9 Å². The molecule has 1 amide bonds. The van der Waals surface area contributed by atoms with Gasteiger partial charge in [0.2, 0.25) is 0 Å². The van der Waals surface area contributed by atoms with E-state index in [4.69, 9.17) is 0 Å². The van der Waals surface area contributed by atoms with Crippen molar-refractivity contribution in [1.82, 2.24) is 9.97 Å². The van der Waals surface area contributed by atoms with Gasteiger partial charge in [-0.3, -0.25) is 9.78 Å². The van der Waals surface area contributed by atoms with E-state index in [9.17, 15) is 4.79 Å². The van der Waals surface area contributed by atoms with Gasteiger partial charge in [0.15, 0.2) is 0 Å². The minimum atomic E-state index is -0.169. The first-order chi connectivity index (χ1) is 10.1. The van der Waals surface area contributed by atoms with Gasteiger partial charge in [0.05, 0.1) is 23.0 Å². The van der Waals surface area contributed by atoms with Gasteiger partial charge in [-0.1, -0.05) is 18.2 Å². The lowest BCUT2D eigenvalue weighted by atomic mass is 10.1. The maximum absolute atomic E-state index is 12.4. The molecule has 2 heterocycles. The van der Waals surface area contributed by atoms with E-state index in [1.54, 1.807) is 18.5 Å². The smallest absolute Gasteiger partial charge is 0.256 e. The normalized spacial score (nSPS) is 10.6. The molecule has 0 atom stereocenters. The molecule has 21 heavy (non-hydrogen) atoms. The Morgan fingerprint density at radius 2 is 2.00 bits per heavy atom. The number of pyridine rings is 2. The molecule has 0 bridgehead atoms. The maximum atomic E-state index is 12.4. The Morgan fingerprint density at radius 3 is 2.81 bits per heavy atom. The van der Waals surface area contributed by atoms with Crippen LogP contribution >= 0.6 is 15.9 Å². The van der Waals surface area contributed by atoms with E-state index in [-0.39, 0.29) is 5.91 Å². The third-order valence-electron chi connectivity index (χ3n) is 3.17. The number of benzene rings is 1. The van der Waals surface area contributed by atoms with Crippen LogP contribution in [0.25, 0.3) is 10.9 Å². The Kier molecular flexibility index (Phi) is 3.66. The summed E-state index contributed by atoms with van der Waals surface area (Å²) in [6.45, 7) is 1.93. The van der Waals surface area contributed by atoms with Gasteiger partial charge in [-0.2, -0.15) is 0 Å². The lowest BCUT2D eigenvalue weighted by Gasteiger charge is -2.08. The first kappa shape index (κ1) is 13.7. The molecule has 0 unspecified atom stereocenters. The summed E-state index contributed by atoms with van der Waals surface area (Å²) in [7, 11) is 0. The number of para-hydroxylation sites is 1. The van der Waals surface area contributed by atoms with Gasteiger partial charge in [-0.05, 0) is 46.6 Å². The summed E-state index contributed by atoms with van der Waals surface area (Å²) >= 11 is 3.34. The van der Waals surface area contributed by atoms with Crippen molar-refractivity contribution >= 4 is 38.4 Å². The third kappa shape index (κ3) is 2.78. The minimum Gasteiger partial charge on any atom is -0.321 e. The van der Waals surface area contributed by atoms with Crippen LogP contribution in [0.15, 0.2) is 53.4 Å². The van der Waals surface area contributed by atoms with E-state index in [1.165, 1.54) is 0 Å². The van der Waals surface area contributed by atoms with Crippen LogP contribution in [-0.2, 0) is 0 Å². The Labute approximate surface area is 130 Å². The highest BCUT2D eigenvalue weighted by atomic mass is 79.9. The molecule has 0 saturated carbocycles. The quantitative estimate of drug-likeness (QED) is 0.718. The molecular formula is C16H12BrN3O. The predicted molar refractivity (Wildman–Crippen MR) is 86.4 cm³/mol. The van der Waals surface area contributed by atoms with Gasteiger partial charge < -0.3 is 5.32 Å². The molecule has 3 rings (SSSR count). The lowest BCUT2D eigenvalue weighted by Crippen LogP contribution is -2.13. The van der Waals surface area contributed by atoms with Crippen molar-refractivity contribution in [2.75, 3.05) is 5.32 Å². The summed E-state index contributed by atoms with van der Waals surface area (Å²) in [6, 6.07) is 11.2.